The fourth-order valence-electron chi connectivity index (χ4n) is 2.04. The van der Waals surface area contributed by atoms with Crippen LogP contribution < -0.4 is 11.1 Å². The van der Waals surface area contributed by atoms with Crippen LogP contribution >= 0.6 is 0 Å². The molecule has 0 bridgehead atoms. The summed E-state index contributed by atoms with van der Waals surface area (Å²) in [5, 5.41) is 7.44. The summed E-state index contributed by atoms with van der Waals surface area (Å²) in [4.78, 5) is 8.79. The van der Waals surface area contributed by atoms with E-state index < -0.39 is 0 Å². The van der Waals surface area contributed by atoms with E-state index in [0.717, 1.165) is 24.6 Å². The van der Waals surface area contributed by atoms with Gasteiger partial charge in [0.1, 0.15) is 17.5 Å². The molecule has 19 heavy (non-hydrogen) atoms. The number of hydrogen-bond acceptors (Lipinski definition) is 5. The minimum atomic E-state index is 0.516. The first kappa shape index (κ1) is 12.0. The highest BCUT2D eigenvalue weighted by Crippen LogP contribution is 2.38. The Bertz CT molecular complexity index is 572. The molecule has 1 aliphatic carbocycles. The summed E-state index contributed by atoms with van der Waals surface area (Å²) < 4.78 is 1.81. The summed E-state index contributed by atoms with van der Waals surface area (Å²) in [6, 6.07) is 1.79. The van der Waals surface area contributed by atoms with Gasteiger partial charge in [0.2, 0.25) is 0 Å². The average Bonchev–Trinajstić information content (AvgIpc) is 3.13. The zero-order valence-electron chi connectivity index (χ0n) is 11.0. The van der Waals surface area contributed by atoms with E-state index in [1.807, 2.05) is 24.1 Å². The van der Waals surface area contributed by atoms with Crippen LogP contribution in [0.5, 0.6) is 0 Å². The van der Waals surface area contributed by atoms with Crippen LogP contribution in [-0.4, -0.2) is 26.3 Å². The van der Waals surface area contributed by atoms with Crippen LogP contribution in [0.3, 0.4) is 0 Å². The minimum Gasteiger partial charge on any atom is -0.384 e. The molecule has 1 aliphatic rings. The van der Waals surface area contributed by atoms with Crippen molar-refractivity contribution in [3.63, 3.8) is 0 Å². The molecule has 2 aromatic heterocycles. The molecule has 6 heteroatoms. The first-order chi connectivity index (χ1) is 9.20. The number of nitrogen functional groups attached to an aromatic ring is 1. The second-order valence-electron chi connectivity index (χ2n) is 5.01. The van der Waals surface area contributed by atoms with Crippen LogP contribution in [-0.2, 0) is 13.5 Å². The molecule has 2 aromatic rings. The van der Waals surface area contributed by atoms with Crippen LogP contribution in [0.2, 0.25) is 0 Å². The number of hydrogen-bond donors (Lipinski definition) is 2. The van der Waals surface area contributed by atoms with Gasteiger partial charge in [0, 0.05) is 31.8 Å². The third kappa shape index (κ3) is 3.01. The van der Waals surface area contributed by atoms with Gasteiger partial charge in [-0.3, -0.25) is 4.68 Å². The van der Waals surface area contributed by atoms with E-state index in [-0.39, 0.29) is 0 Å². The van der Waals surface area contributed by atoms with Crippen LogP contribution in [0, 0.1) is 0 Å². The van der Waals surface area contributed by atoms with Crippen molar-refractivity contribution in [1.82, 2.24) is 19.7 Å². The lowest BCUT2D eigenvalue weighted by Gasteiger charge is -2.07. The SMILES string of the molecule is Cn1cc(CCNc2cc(N)nc(C3CC3)n2)cn1. The maximum absolute atomic E-state index is 5.81. The van der Waals surface area contributed by atoms with Crippen LogP contribution in [0.15, 0.2) is 18.5 Å². The van der Waals surface area contributed by atoms with E-state index in [1.165, 1.54) is 18.4 Å². The molecule has 0 aliphatic heterocycles. The first-order valence-electron chi connectivity index (χ1n) is 6.56. The van der Waals surface area contributed by atoms with Crippen molar-refractivity contribution < 1.29 is 0 Å². The summed E-state index contributed by atoms with van der Waals surface area (Å²) in [6.07, 6.45) is 7.17. The van der Waals surface area contributed by atoms with Gasteiger partial charge in [-0.1, -0.05) is 0 Å². The molecule has 1 fully saturated rings. The number of aromatic nitrogens is 4. The molecule has 0 saturated heterocycles. The molecule has 3 rings (SSSR count). The minimum absolute atomic E-state index is 0.516. The van der Waals surface area contributed by atoms with Crippen LogP contribution in [0.4, 0.5) is 11.6 Å². The summed E-state index contributed by atoms with van der Waals surface area (Å²) in [7, 11) is 1.92. The van der Waals surface area contributed by atoms with Gasteiger partial charge >= 0.3 is 0 Å². The maximum atomic E-state index is 5.81. The normalized spacial score (nSPS) is 14.6. The number of aryl methyl sites for hydroxylation is 1. The number of anilines is 2. The van der Waals surface area contributed by atoms with Crippen LogP contribution in [0.1, 0.15) is 30.1 Å². The molecule has 0 unspecified atom stereocenters. The Hall–Kier alpha value is -2.11. The molecule has 1 saturated carbocycles. The fourth-order valence-corrected chi connectivity index (χ4v) is 2.04. The molecular formula is C13H18N6. The second-order valence-corrected chi connectivity index (χ2v) is 5.01. The van der Waals surface area contributed by atoms with E-state index >= 15 is 0 Å². The Morgan fingerprint density at radius 3 is 2.95 bits per heavy atom. The average molecular weight is 258 g/mol. The fraction of sp³-hybridized carbons (Fsp3) is 0.462. The van der Waals surface area contributed by atoms with Gasteiger partial charge in [-0.2, -0.15) is 5.10 Å². The Kier molecular flexibility index (Phi) is 3.06. The molecule has 2 heterocycles. The largest absolute Gasteiger partial charge is 0.384 e. The van der Waals surface area contributed by atoms with Crippen molar-refractivity contribution in [3.8, 4) is 0 Å². The molecule has 0 aromatic carbocycles. The Labute approximate surface area is 112 Å². The van der Waals surface area contributed by atoms with Crippen molar-refractivity contribution in [2.75, 3.05) is 17.6 Å². The standard InChI is InChI=1S/C13H18N6/c1-19-8-9(7-16-19)4-5-15-12-6-11(14)17-13(18-12)10-2-3-10/h6-8,10H,2-5H2,1H3,(H3,14,15,17,18). The quantitative estimate of drug-likeness (QED) is 0.845. The van der Waals surface area contributed by atoms with E-state index in [0.29, 0.717) is 11.7 Å². The van der Waals surface area contributed by atoms with E-state index in [4.69, 9.17) is 5.73 Å². The molecule has 6 nitrogen and oxygen atoms in total. The Morgan fingerprint density at radius 1 is 1.42 bits per heavy atom. The number of nitrogens with zero attached hydrogens (tertiary/aromatic N) is 4. The molecule has 3 N–H and O–H groups in total. The van der Waals surface area contributed by atoms with E-state index in [2.05, 4.69) is 20.4 Å². The van der Waals surface area contributed by atoms with Gasteiger partial charge in [-0.25, -0.2) is 9.97 Å². The van der Waals surface area contributed by atoms with Crippen molar-refractivity contribution in [2.45, 2.75) is 25.2 Å². The van der Waals surface area contributed by atoms with Crippen molar-refractivity contribution >= 4 is 11.6 Å². The molecule has 100 valence electrons. The predicted molar refractivity (Wildman–Crippen MR) is 73.8 cm³/mol. The van der Waals surface area contributed by atoms with Gasteiger partial charge < -0.3 is 11.1 Å². The lowest BCUT2D eigenvalue weighted by molar-refractivity contribution is 0.766. The predicted octanol–water partition coefficient (Wildman–Crippen LogP) is 1.32. The molecule has 0 spiro atoms. The van der Waals surface area contributed by atoms with Gasteiger partial charge in [-0.05, 0) is 24.8 Å². The third-order valence-electron chi connectivity index (χ3n) is 3.18. The van der Waals surface area contributed by atoms with E-state index in [9.17, 15) is 0 Å². The van der Waals surface area contributed by atoms with Gasteiger partial charge in [0.25, 0.3) is 0 Å². The monoisotopic (exact) mass is 258 g/mol. The highest BCUT2D eigenvalue weighted by molar-refractivity contribution is 5.45. The molecule has 0 amide bonds. The molecule has 0 radical (unpaired) electrons. The smallest absolute Gasteiger partial charge is 0.136 e. The maximum Gasteiger partial charge on any atom is 0.136 e. The Balaban J connectivity index is 1.60. The summed E-state index contributed by atoms with van der Waals surface area (Å²) in [5.74, 6) is 2.75. The molecular weight excluding hydrogens is 240 g/mol. The lowest BCUT2D eigenvalue weighted by atomic mass is 10.2. The zero-order valence-corrected chi connectivity index (χ0v) is 11.0. The van der Waals surface area contributed by atoms with Gasteiger partial charge in [0.05, 0.1) is 6.20 Å². The summed E-state index contributed by atoms with van der Waals surface area (Å²) in [5.41, 5.74) is 7.01. The highest BCUT2D eigenvalue weighted by Gasteiger charge is 2.27. The molecule has 0 atom stereocenters. The number of nitrogens with two attached hydrogens (primary N) is 1. The number of nitrogens with one attached hydrogen (secondary N) is 1. The summed E-state index contributed by atoms with van der Waals surface area (Å²) in [6.45, 7) is 0.812. The van der Waals surface area contributed by atoms with Crippen molar-refractivity contribution in [2.24, 2.45) is 7.05 Å². The summed E-state index contributed by atoms with van der Waals surface area (Å²) >= 11 is 0. The van der Waals surface area contributed by atoms with Gasteiger partial charge in [0.15, 0.2) is 0 Å². The lowest BCUT2D eigenvalue weighted by Crippen LogP contribution is -2.09. The highest BCUT2D eigenvalue weighted by atomic mass is 15.2. The Morgan fingerprint density at radius 2 is 2.26 bits per heavy atom. The van der Waals surface area contributed by atoms with Crippen molar-refractivity contribution in [1.29, 1.82) is 0 Å². The van der Waals surface area contributed by atoms with Crippen LogP contribution in [0.25, 0.3) is 0 Å². The van der Waals surface area contributed by atoms with E-state index in [1.54, 1.807) is 6.07 Å². The van der Waals surface area contributed by atoms with Crippen molar-refractivity contribution in [3.05, 3.63) is 29.8 Å². The zero-order chi connectivity index (χ0) is 13.2. The third-order valence-corrected chi connectivity index (χ3v) is 3.18. The second kappa shape index (κ2) is 4.87. The topological polar surface area (TPSA) is 81.7 Å². The van der Waals surface area contributed by atoms with Gasteiger partial charge in [-0.15, -0.1) is 0 Å². The first-order valence-corrected chi connectivity index (χ1v) is 6.56. The number of rotatable bonds is 5.